The number of carbonyl (C=O) groups excluding carboxylic acids is 1. The molecule has 4 heteroatoms. The quantitative estimate of drug-likeness (QED) is 0.924. The van der Waals surface area contributed by atoms with Crippen molar-refractivity contribution in [1.82, 2.24) is 4.90 Å². The van der Waals surface area contributed by atoms with Crippen LogP contribution in [0.5, 0.6) is 5.75 Å². The Hall–Kier alpha value is -1.55. The standard InChI is InChI=1S/C19H28N2O2/c1-14(19(22)20-17-9-5-6-10-18(17)23-2)21-12-11-15-7-3-4-8-16(15)13-21/h5-6,9-10,14-16H,3-4,7-8,11-13H2,1-2H3,(H,20,22)/t14-,15+,16-/m1/s1. The molecular formula is C19H28N2O2. The van der Waals surface area contributed by atoms with Crippen molar-refractivity contribution in [3.63, 3.8) is 0 Å². The number of ether oxygens (including phenoxy) is 1. The minimum atomic E-state index is -0.0946. The third kappa shape index (κ3) is 3.69. The molecule has 1 aliphatic heterocycles. The number of hydrogen-bond donors (Lipinski definition) is 1. The molecule has 0 radical (unpaired) electrons. The maximum absolute atomic E-state index is 12.6. The molecule has 3 atom stereocenters. The molecule has 2 fully saturated rings. The number of nitrogens with zero attached hydrogens (tertiary/aromatic N) is 1. The first-order valence-corrected chi connectivity index (χ1v) is 8.87. The van der Waals surface area contributed by atoms with Gasteiger partial charge in [0.05, 0.1) is 18.8 Å². The second-order valence-electron chi connectivity index (χ2n) is 6.95. The van der Waals surface area contributed by atoms with Gasteiger partial charge in [-0.25, -0.2) is 0 Å². The van der Waals surface area contributed by atoms with E-state index in [9.17, 15) is 4.79 Å². The Labute approximate surface area is 139 Å². The second kappa shape index (κ2) is 7.35. The van der Waals surface area contributed by atoms with Crippen molar-refractivity contribution in [1.29, 1.82) is 0 Å². The average Bonchev–Trinajstić information content (AvgIpc) is 2.61. The van der Waals surface area contributed by atoms with Gasteiger partial charge in [-0.3, -0.25) is 9.69 Å². The first-order valence-electron chi connectivity index (χ1n) is 8.87. The Bertz CT molecular complexity index is 546. The van der Waals surface area contributed by atoms with E-state index in [1.165, 1.54) is 32.1 Å². The predicted molar refractivity (Wildman–Crippen MR) is 92.7 cm³/mol. The number of fused-ring (bicyclic) bond motifs is 1. The molecule has 1 aromatic carbocycles. The fourth-order valence-corrected chi connectivity index (χ4v) is 4.13. The number of piperidine rings is 1. The molecule has 1 aliphatic carbocycles. The summed E-state index contributed by atoms with van der Waals surface area (Å²) in [6.07, 6.45) is 6.72. The number of rotatable bonds is 4. The van der Waals surface area contributed by atoms with Gasteiger partial charge in [-0.05, 0) is 50.3 Å². The number of hydrogen-bond acceptors (Lipinski definition) is 3. The molecule has 126 valence electrons. The van der Waals surface area contributed by atoms with Gasteiger partial charge in [-0.15, -0.1) is 0 Å². The maximum atomic E-state index is 12.6. The molecule has 2 aliphatic rings. The lowest BCUT2D eigenvalue weighted by atomic mass is 9.75. The molecule has 1 N–H and O–H groups in total. The molecule has 1 heterocycles. The Morgan fingerprint density at radius 1 is 1.22 bits per heavy atom. The zero-order valence-electron chi connectivity index (χ0n) is 14.3. The highest BCUT2D eigenvalue weighted by Crippen LogP contribution is 2.36. The van der Waals surface area contributed by atoms with Crippen LogP contribution in [0.15, 0.2) is 24.3 Å². The molecule has 1 aromatic rings. The number of anilines is 1. The Morgan fingerprint density at radius 2 is 1.96 bits per heavy atom. The second-order valence-corrected chi connectivity index (χ2v) is 6.95. The first kappa shape index (κ1) is 16.3. The minimum Gasteiger partial charge on any atom is -0.495 e. The zero-order valence-corrected chi connectivity index (χ0v) is 14.3. The van der Waals surface area contributed by atoms with E-state index in [1.807, 2.05) is 31.2 Å². The molecule has 4 nitrogen and oxygen atoms in total. The van der Waals surface area contributed by atoms with Crippen LogP contribution in [-0.4, -0.2) is 37.0 Å². The van der Waals surface area contributed by atoms with Gasteiger partial charge in [0, 0.05) is 6.54 Å². The Kier molecular flexibility index (Phi) is 5.21. The molecule has 1 saturated heterocycles. The predicted octanol–water partition coefficient (Wildman–Crippen LogP) is 3.53. The van der Waals surface area contributed by atoms with E-state index in [0.29, 0.717) is 5.75 Å². The summed E-state index contributed by atoms with van der Waals surface area (Å²) in [6, 6.07) is 7.48. The van der Waals surface area contributed by atoms with Crippen molar-refractivity contribution in [2.45, 2.75) is 45.1 Å². The third-order valence-electron chi connectivity index (χ3n) is 5.61. The van der Waals surface area contributed by atoms with Crippen LogP contribution in [0.25, 0.3) is 0 Å². The molecule has 23 heavy (non-hydrogen) atoms. The summed E-state index contributed by atoms with van der Waals surface area (Å²) in [5.41, 5.74) is 0.749. The van der Waals surface area contributed by atoms with Crippen molar-refractivity contribution < 1.29 is 9.53 Å². The Morgan fingerprint density at radius 3 is 2.74 bits per heavy atom. The summed E-state index contributed by atoms with van der Waals surface area (Å²) in [5, 5.41) is 3.02. The number of nitrogens with one attached hydrogen (secondary N) is 1. The van der Waals surface area contributed by atoms with E-state index < -0.39 is 0 Å². The zero-order chi connectivity index (χ0) is 16.2. The van der Waals surface area contributed by atoms with Gasteiger partial charge >= 0.3 is 0 Å². The van der Waals surface area contributed by atoms with Crippen molar-refractivity contribution in [3.8, 4) is 5.75 Å². The van der Waals surface area contributed by atoms with E-state index in [2.05, 4.69) is 10.2 Å². The lowest BCUT2D eigenvalue weighted by Crippen LogP contribution is -2.49. The highest BCUT2D eigenvalue weighted by atomic mass is 16.5. The summed E-state index contributed by atoms with van der Waals surface area (Å²) >= 11 is 0. The van der Waals surface area contributed by atoms with Gasteiger partial charge in [0.25, 0.3) is 0 Å². The third-order valence-corrected chi connectivity index (χ3v) is 5.61. The number of benzene rings is 1. The van der Waals surface area contributed by atoms with E-state index in [4.69, 9.17) is 4.74 Å². The molecular weight excluding hydrogens is 288 g/mol. The van der Waals surface area contributed by atoms with Crippen molar-refractivity contribution in [2.75, 3.05) is 25.5 Å². The fourth-order valence-electron chi connectivity index (χ4n) is 4.13. The number of methoxy groups -OCH3 is 1. The molecule has 0 spiro atoms. The monoisotopic (exact) mass is 316 g/mol. The lowest BCUT2D eigenvalue weighted by molar-refractivity contribution is -0.122. The minimum absolute atomic E-state index is 0.0590. The molecule has 0 unspecified atom stereocenters. The average molecular weight is 316 g/mol. The van der Waals surface area contributed by atoms with Crippen LogP contribution in [0.1, 0.15) is 39.0 Å². The van der Waals surface area contributed by atoms with Gasteiger partial charge < -0.3 is 10.1 Å². The summed E-state index contributed by atoms with van der Waals surface area (Å²) in [6.45, 7) is 4.14. The fraction of sp³-hybridized carbons (Fsp3) is 0.632. The number of likely N-dealkylation sites (tertiary alicyclic amines) is 1. The number of para-hydroxylation sites is 2. The Balaban J connectivity index is 1.61. The van der Waals surface area contributed by atoms with Crippen LogP contribution in [-0.2, 0) is 4.79 Å². The smallest absolute Gasteiger partial charge is 0.241 e. The van der Waals surface area contributed by atoms with Crippen LogP contribution in [0, 0.1) is 11.8 Å². The summed E-state index contributed by atoms with van der Waals surface area (Å²) in [7, 11) is 1.63. The van der Waals surface area contributed by atoms with E-state index in [1.54, 1.807) is 7.11 Å². The highest BCUT2D eigenvalue weighted by Gasteiger charge is 2.34. The number of carbonyl (C=O) groups is 1. The maximum Gasteiger partial charge on any atom is 0.241 e. The highest BCUT2D eigenvalue weighted by molar-refractivity contribution is 5.95. The van der Waals surface area contributed by atoms with Crippen LogP contribution in [0.3, 0.4) is 0 Å². The topological polar surface area (TPSA) is 41.6 Å². The SMILES string of the molecule is COc1ccccc1NC(=O)[C@@H](C)N1CC[C@@H]2CCCC[C@@H]2C1. The normalized spacial score (nSPS) is 26.2. The number of amides is 1. The van der Waals surface area contributed by atoms with Crippen LogP contribution >= 0.6 is 0 Å². The van der Waals surface area contributed by atoms with Gasteiger partial charge in [0.2, 0.25) is 5.91 Å². The van der Waals surface area contributed by atoms with E-state index in [-0.39, 0.29) is 11.9 Å². The van der Waals surface area contributed by atoms with Gasteiger partial charge in [-0.2, -0.15) is 0 Å². The summed E-state index contributed by atoms with van der Waals surface area (Å²) in [5.74, 6) is 2.45. The largest absolute Gasteiger partial charge is 0.495 e. The molecule has 1 saturated carbocycles. The summed E-state index contributed by atoms with van der Waals surface area (Å²) < 4.78 is 5.31. The van der Waals surface area contributed by atoms with Crippen LogP contribution < -0.4 is 10.1 Å². The van der Waals surface area contributed by atoms with Gasteiger partial charge in [-0.1, -0.05) is 31.4 Å². The molecule has 3 rings (SSSR count). The van der Waals surface area contributed by atoms with Crippen LogP contribution in [0.4, 0.5) is 5.69 Å². The molecule has 1 amide bonds. The first-order chi connectivity index (χ1) is 11.2. The van der Waals surface area contributed by atoms with Crippen molar-refractivity contribution in [2.24, 2.45) is 11.8 Å². The lowest BCUT2D eigenvalue weighted by Gasteiger charge is -2.43. The van der Waals surface area contributed by atoms with Crippen LogP contribution in [0.2, 0.25) is 0 Å². The van der Waals surface area contributed by atoms with Crippen molar-refractivity contribution >= 4 is 11.6 Å². The van der Waals surface area contributed by atoms with Gasteiger partial charge in [0.15, 0.2) is 0 Å². The van der Waals surface area contributed by atoms with E-state index >= 15 is 0 Å². The van der Waals surface area contributed by atoms with E-state index in [0.717, 1.165) is 30.6 Å². The summed E-state index contributed by atoms with van der Waals surface area (Å²) in [4.78, 5) is 15.0. The van der Waals surface area contributed by atoms with Crippen molar-refractivity contribution in [3.05, 3.63) is 24.3 Å². The molecule has 0 bridgehead atoms. The molecule has 0 aromatic heterocycles. The van der Waals surface area contributed by atoms with Gasteiger partial charge in [0.1, 0.15) is 5.75 Å².